The number of carbonyl (C=O) groups is 1. The first-order valence-corrected chi connectivity index (χ1v) is 7.43. The molecule has 0 aromatic heterocycles. The first kappa shape index (κ1) is 15.4. The number of hydrogen-bond donors (Lipinski definition) is 3. The molecule has 3 N–H and O–H groups in total. The van der Waals surface area contributed by atoms with Crippen LogP contribution in [0.25, 0.3) is 0 Å². The Hall–Kier alpha value is -0.600. The highest BCUT2D eigenvalue weighted by atomic mass is 32.3. The van der Waals surface area contributed by atoms with Gasteiger partial charge in [0.1, 0.15) is 0 Å². The highest BCUT2D eigenvalue weighted by Crippen LogP contribution is 2.30. The van der Waals surface area contributed by atoms with Crippen molar-refractivity contribution in [1.82, 2.24) is 0 Å². The molecule has 16 heavy (non-hydrogen) atoms. The monoisotopic (exact) mass is 298 g/mol. The van der Waals surface area contributed by atoms with Gasteiger partial charge >= 0.3 is 33.8 Å². The van der Waals surface area contributed by atoms with Gasteiger partial charge in [0.25, 0.3) is 0 Å². The van der Waals surface area contributed by atoms with Gasteiger partial charge < -0.3 is 0 Å². The second-order valence-corrected chi connectivity index (χ2v) is 8.00. The van der Waals surface area contributed by atoms with Crippen molar-refractivity contribution in [2.24, 2.45) is 0 Å². The van der Waals surface area contributed by atoms with Crippen LogP contribution in [0.4, 0.5) is 0 Å². The lowest BCUT2D eigenvalue weighted by atomic mass is 10.5. The highest BCUT2D eigenvalue weighted by Gasteiger charge is 2.69. The van der Waals surface area contributed by atoms with Gasteiger partial charge in [-0.2, -0.15) is 25.3 Å². The van der Waals surface area contributed by atoms with Crippen LogP contribution in [0, 0.1) is 0 Å². The van der Waals surface area contributed by atoms with Crippen molar-refractivity contribution in [3.63, 3.8) is 0 Å². The number of carbonyl (C=O) groups excluding carboxylic acids is 1. The number of rotatable bonds is 4. The quantitative estimate of drug-likeness (QED) is 0.486. The van der Waals surface area contributed by atoms with Crippen LogP contribution in [0.3, 0.4) is 0 Å². The fourth-order valence-corrected chi connectivity index (χ4v) is 5.23. The van der Waals surface area contributed by atoms with Crippen LogP contribution < -0.4 is 0 Å². The average molecular weight is 298 g/mol. The maximum absolute atomic E-state index is 10.8. The summed E-state index contributed by atoms with van der Waals surface area (Å²) in [5.41, 5.74) is 0. The molecule has 0 atom stereocenters. The Morgan fingerprint density at radius 3 is 1.00 bits per heavy atom. The Kier molecular flexibility index (Phi) is 3.57. The Bertz CT molecular complexity index is 523. The molecule has 0 saturated heterocycles. The molecular formula is C3H6O10S3. The fraction of sp³-hybridized carbons (Fsp3) is 0.667. The molecule has 96 valence electrons. The molecule has 0 aromatic carbocycles. The third-order valence-corrected chi connectivity index (χ3v) is 8.14. The molecule has 0 heterocycles. The van der Waals surface area contributed by atoms with E-state index in [0.29, 0.717) is 0 Å². The molecular weight excluding hydrogens is 292 g/mol. The number of ketones is 1. The van der Waals surface area contributed by atoms with Crippen molar-refractivity contribution in [1.29, 1.82) is 0 Å². The van der Waals surface area contributed by atoms with E-state index in [-0.39, 0.29) is 6.92 Å². The molecule has 0 aromatic rings. The van der Waals surface area contributed by atoms with Gasteiger partial charge in [-0.25, -0.2) is 0 Å². The Morgan fingerprint density at radius 1 is 0.812 bits per heavy atom. The van der Waals surface area contributed by atoms with Gasteiger partial charge in [-0.3, -0.25) is 18.5 Å². The summed E-state index contributed by atoms with van der Waals surface area (Å²) >= 11 is 0. The second-order valence-electron chi connectivity index (χ2n) is 2.54. The lowest BCUT2D eigenvalue weighted by molar-refractivity contribution is -0.116. The topological polar surface area (TPSA) is 180 Å². The molecule has 0 fully saturated rings. The zero-order valence-corrected chi connectivity index (χ0v) is 9.87. The third-order valence-electron chi connectivity index (χ3n) is 1.45. The van der Waals surface area contributed by atoms with Crippen LogP contribution in [-0.4, -0.2) is 48.1 Å². The highest BCUT2D eigenvalue weighted by molar-refractivity contribution is 8.22. The van der Waals surface area contributed by atoms with E-state index in [2.05, 4.69) is 0 Å². The summed E-state index contributed by atoms with van der Waals surface area (Å²) in [4.78, 5) is 10.8. The fourth-order valence-electron chi connectivity index (χ4n) is 0.944. The largest absolute Gasteiger partial charge is 0.401 e. The van der Waals surface area contributed by atoms with E-state index in [0.717, 1.165) is 0 Å². The molecule has 0 rings (SSSR count). The summed E-state index contributed by atoms with van der Waals surface area (Å²) in [6.07, 6.45) is 0. The minimum absolute atomic E-state index is 0.134. The maximum atomic E-state index is 10.8. The standard InChI is InChI=1S/C3H6O10S3/c1-2(4)3(14(5,6)7,15(8,9)10)16(11,12)13/h1H3,(H,5,6,7)(H,8,9,10)(H,11,12,13). The SMILES string of the molecule is CC(=O)C(S(=O)(=O)O)(S(=O)(=O)O)S(=O)(=O)O. The molecule has 0 aliphatic heterocycles. The number of hydrogen-bond acceptors (Lipinski definition) is 7. The second kappa shape index (κ2) is 3.71. The molecule has 13 heteroatoms. The predicted octanol–water partition coefficient (Wildman–Crippen LogP) is -2.11. The van der Waals surface area contributed by atoms with Crippen LogP contribution in [0.1, 0.15) is 6.92 Å². The van der Waals surface area contributed by atoms with E-state index < -0.39 is 39.5 Å². The van der Waals surface area contributed by atoms with E-state index in [1.807, 2.05) is 0 Å². The first-order valence-electron chi connectivity index (χ1n) is 3.11. The minimum Gasteiger partial charge on any atom is -0.296 e. The number of Topliss-reactive ketones (excluding diaryl/α,β-unsaturated/α-hetero) is 1. The minimum atomic E-state index is -6.17. The van der Waals surface area contributed by atoms with Gasteiger partial charge in [0, 0.05) is 0 Å². The zero-order chi connectivity index (χ0) is 13.6. The van der Waals surface area contributed by atoms with Crippen LogP contribution in [0.5, 0.6) is 0 Å². The van der Waals surface area contributed by atoms with Crippen molar-refractivity contribution >= 4 is 36.1 Å². The summed E-state index contributed by atoms with van der Waals surface area (Å²) in [6, 6.07) is 0. The van der Waals surface area contributed by atoms with Gasteiger partial charge in [-0.1, -0.05) is 0 Å². The molecule has 0 saturated carbocycles. The Balaban J connectivity index is 6.96. The van der Waals surface area contributed by atoms with E-state index in [1.54, 1.807) is 0 Å². The third kappa shape index (κ3) is 1.96. The van der Waals surface area contributed by atoms with E-state index >= 15 is 0 Å². The maximum Gasteiger partial charge on any atom is 0.401 e. The smallest absolute Gasteiger partial charge is 0.296 e. The summed E-state index contributed by atoms with van der Waals surface area (Å²) in [7, 11) is -18.5. The van der Waals surface area contributed by atoms with Crippen molar-refractivity contribution in [2.45, 2.75) is 10.3 Å². The van der Waals surface area contributed by atoms with Crippen LogP contribution in [-0.2, 0) is 35.1 Å². The summed E-state index contributed by atoms with van der Waals surface area (Å²) in [5.74, 6) is -2.21. The average Bonchev–Trinajstić information content (AvgIpc) is 1.71. The molecule has 0 bridgehead atoms. The van der Waals surface area contributed by atoms with Crippen LogP contribution >= 0.6 is 0 Å². The van der Waals surface area contributed by atoms with Gasteiger partial charge in [0.05, 0.1) is 0 Å². The van der Waals surface area contributed by atoms with Crippen molar-refractivity contribution in [2.75, 3.05) is 0 Å². The Morgan fingerprint density at radius 2 is 1.00 bits per heavy atom. The van der Waals surface area contributed by atoms with Gasteiger partial charge in [0.15, 0.2) is 5.78 Å². The van der Waals surface area contributed by atoms with Crippen molar-refractivity contribution in [3.05, 3.63) is 0 Å². The van der Waals surface area contributed by atoms with Gasteiger partial charge in [-0.15, -0.1) is 0 Å². The van der Waals surface area contributed by atoms with Gasteiger partial charge in [0.2, 0.25) is 0 Å². The molecule has 0 spiro atoms. The molecule has 0 amide bonds. The summed E-state index contributed by atoms with van der Waals surface area (Å²) in [6.45, 7) is 0.134. The van der Waals surface area contributed by atoms with Crippen molar-refractivity contribution in [3.8, 4) is 0 Å². The van der Waals surface area contributed by atoms with E-state index in [4.69, 9.17) is 13.7 Å². The Labute approximate surface area is 90.5 Å². The molecule has 0 aliphatic rings. The van der Waals surface area contributed by atoms with Gasteiger partial charge in [-0.05, 0) is 6.92 Å². The van der Waals surface area contributed by atoms with E-state index in [1.165, 1.54) is 0 Å². The molecule has 0 unspecified atom stereocenters. The normalized spacial score (nSPS) is 14.8. The zero-order valence-electron chi connectivity index (χ0n) is 7.42. The summed E-state index contributed by atoms with van der Waals surface area (Å²) < 4.78 is 84.5. The first-order chi connectivity index (χ1) is 6.69. The molecule has 10 nitrogen and oxygen atoms in total. The van der Waals surface area contributed by atoms with Crippen LogP contribution in [0.15, 0.2) is 0 Å². The van der Waals surface area contributed by atoms with Crippen LogP contribution in [0.2, 0.25) is 0 Å². The lowest BCUT2D eigenvalue weighted by Gasteiger charge is -2.20. The lowest BCUT2D eigenvalue weighted by Crippen LogP contribution is -2.57. The molecule has 0 aliphatic carbocycles. The van der Waals surface area contributed by atoms with Crippen molar-refractivity contribution < 1.29 is 43.7 Å². The molecule has 0 radical (unpaired) electrons. The predicted molar refractivity (Wildman–Crippen MR) is 48.1 cm³/mol. The summed E-state index contributed by atoms with van der Waals surface area (Å²) in [5, 5.41) is 0. The van der Waals surface area contributed by atoms with E-state index in [9.17, 15) is 30.0 Å².